The minimum Gasteiger partial charge on any atom is -0.394 e. The average molecular weight is 305 g/mol. The predicted molar refractivity (Wildman–Crippen MR) is 82.1 cm³/mol. The van der Waals surface area contributed by atoms with Crippen LogP contribution in [0.3, 0.4) is 0 Å². The number of amides is 1. The number of nitrogens with one attached hydrogen (secondary N) is 1. The molecule has 1 atom stereocenters. The summed E-state index contributed by atoms with van der Waals surface area (Å²) >= 11 is 4.09. The number of hydrogen-bond acceptors (Lipinski definition) is 3. The van der Waals surface area contributed by atoms with E-state index in [2.05, 4.69) is 17.9 Å². The molecular weight excluding hydrogens is 289 g/mol. The number of aliphatic hydroxyl groups is 1. The lowest BCUT2D eigenvalue weighted by molar-refractivity contribution is 0.0912. The smallest absolute Gasteiger partial charge is 0.254 e. The summed E-state index contributed by atoms with van der Waals surface area (Å²) < 4.78 is 13.6. The Morgan fingerprint density at radius 2 is 1.95 bits per heavy atom. The largest absolute Gasteiger partial charge is 0.394 e. The number of thiol groups is 1. The SMILES string of the molecule is O=C(NC(CO)Cc1ccccc1)c1cc(S)ccc1F. The van der Waals surface area contributed by atoms with Gasteiger partial charge >= 0.3 is 0 Å². The summed E-state index contributed by atoms with van der Waals surface area (Å²) in [6, 6.07) is 13.0. The highest BCUT2D eigenvalue weighted by atomic mass is 32.1. The second kappa shape index (κ2) is 7.24. The molecular formula is C16H16FNO2S. The van der Waals surface area contributed by atoms with E-state index in [0.29, 0.717) is 11.3 Å². The zero-order valence-corrected chi connectivity index (χ0v) is 12.2. The van der Waals surface area contributed by atoms with E-state index in [1.54, 1.807) is 0 Å². The van der Waals surface area contributed by atoms with Gasteiger partial charge in [0.2, 0.25) is 0 Å². The first kappa shape index (κ1) is 15.5. The van der Waals surface area contributed by atoms with Crippen molar-refractivity contribution in [2.45, 2.75) is 17.4 Å². The van der Waals surface area contributed by atoms with Crippen LogP contribution in [0.15, 0.2) is 53.4 Å². The number of rotatable bonds is 5. The van der Waals surface area contributed by atoms with Crippen LogP contribution >= 0.6 is 12.6 Å². The van der Waals surface area contributed by atoms with E-state index in [4.69, 9.17) is 0 Å². The molecule has 0 spiro atoms. The number of halogens is 1. The highest BCUT2D eigenvalue weighted by Gasteiger charge is 2.16. The molecule has 0 heterocycles. The molecule has 0 bridgehead atoms. The Kier molecular flexibility index (Phi) is 5.36. The van der Waals surface area contributed by atoms with Crippen LogP contribution in [-0.4, -0.2) is 23.7 Å². The van der Waals surface area contributed by atoms with Crippen molar-refractivity contribution in [3.8, 4) is 0 Å². The van der Waals surface area contributed by atoms with E-state index in [9.17, 15) is 14.3 Å². The Labute approximate surface area is 128 Å². The van der Waals surface area contributed by atoms with Crippen LogP contribution in [0.2, 0.25) is 0 Å². The fourth-order valence-corrected chi connectivity index (χ4v) is 2.21. The van der Waals surface area contributed by atoms with Crippen molar-refractivity contribution in [1.82, 2.24) is 5.32 Å². The molecule has 1 amide bonds. The molecule has 0 aromatic heterocycles. The standard InChI is InChI=1S/C16H16FNO2S/c17-15-7-6-13(21)9-14(15)16(20)18-12(10-19)8-11-4-2-1-3-5-11/h1-7,9,12,19,21H,8,10H2,(H,18,20). The number of benzene rings is 2. The topological polar surface area (TPSA) is 49.3 Å². The number of aliphatic hydroxyl groups excluding tert-OH is 1. The monoisotopic (exact) mass is 305 g/mol. The maximum absolute atomic E-state index is 13.6. The van der Waals surface area contributed by atoms with Crippen LogP contribution in [0.4, 0.5) is 4.39 Å². The van der Waals surface area contributed by atoms with E-state index in [1.165, 1.54) is 18.2 Å². The van der Waals surface area contributed by atoms with Crippen molar-refractivity contribution in [3.63, 3.8) is 0 Å². The maximum atomic E-state index is 13.6. The minimum atomic E-state index is -0.610. The first-order chi connectivity index (χ1) is 10.1. The summed E-state index contributed by atoms with van der Waals surface area (Å²) in [6.45, 7) is -0.219. The molecule has 0 fully saturated rings. The number of carbonyl (C=O) groups is 1. The number of hydrogen-bond donors (Lipinski definition) is 3. The van der Waals surface area contributed by atoms with Gasteiger partial charge in [0.15, 0.2) is 0 Å². The second-order valence-corrected chi connectivity index (χ2v) is 5.22. The van der Waals surface area contributed by atoms with Gasteiger partial charge < -0.3 is 10.4 Å². The van der Waals surface area contributed by atoms with Crippen LogP contribution in [0.25, 0.3) is 0 Å². The molecule has 0 saturated carbocycles. The molecule has 0 saturated heterocycles. The molecule has 21 heavy (non-hydrogen) atoms. The van der Waals surface area contributed by atoms with E-state index in [-0.39, 0.29) is 12.2 Å². The number of carbonyl (C=O) groups excluding carboxylic acids is 1. The zero-order chi connectivity index (χ0) is 15.2. The van der Waals surface area contributed by atoms with Gasteiger partial charge in [-0.2, -0.15) is 0 Å². The normalized spacial score (nSPS) is 12.0. The molecule has 0 radical (unpaired) electrons. The van der Waals surface area contributed by atoms with Gasteiger partial charge in [-0.3, -0.25) is 4.79 Å². The summed E-state index contributed by atoms with van der Waals surface area (Å²) in [4.78, 5) is 12.6. The first-order valence-electron chi connectivity index (χ1n) is 6.54. The van der Waals surface area contributed by atoms with Crippen LogP contribution in [0.5, 0.6) is 0 Å². The Bertz CT molecular complexity index is 619. The van der Waals surface area contributed by atoms with Crippen LogP contribution in [0.1, 0.15) is 15.9 Å². The van der Waals surface area contributed by atoms with Crippen molar-refractivity contribution >= 4 is 18.5 Å². The van der Waals surface area contributed by atoms with Crippen molar-refractivity contribution in [2.24, 2.45) is 0 Å². The molecule has 2 aromatic carbocycles. The molecule has 0 aliphatic rings. The summed E-state index contributed by atoms with van der Waals surface area (Å²) in [6.07, 6.45) is 0.477. The lowest BCUT2D eigenvalue weighted by atomic mass is 10.1. The lowest BCUT2D eigenvalue weighted by Gasteiger charge is -2.17. The summed E-state index contributed by atoms with van der Waals surface area (Å²) in [5.41, 5.74) is 0.911. The lowest BCUT2D eigenvalue weighted by Crippen LogP contribution is -2.39. The summed E-state index contributed by atoms with van der Waals surface area (Å²) in [5, 5.41) is 12.0. The molecule has 5 heteroatoms. The third-order valence-electron chi connectivity index (χ3n) is 3.08. The van der Waals surface area contributed by atoms with Crippen molar-refractivity contribution in [3.05, 3.63) is 65.5 Å². The van der Waals surface area contributed by atoms with Crippen LogP contribution in [0, 0.1) is 5.82 Å². The quantitative estimate of drug-likeness (QED) is 0.743. The molecule has 2 rings (SSSR count). The van der Waals surface area contributed by atoms with Gasteiger partial charge in [0, 0.05) is 4.90 Å². The van der Waals surface area contributed by atoms with Crippen molar-refractivity contribution in [2.75, 3.05) is 6.61 Å². The maximum Gasteiger partial charge on any atom is 0.254 e. The van der Waals surface area contributed by atoms with E-state index in [1.807, 2.05) is 30.3 Å². The highest BCUT2D eigenvalue weighted by molar-refractivity contribution is 7.80. The third-order valence-corrected chi connectivity index (χ3v) is 3.35. The van der Waals surface area contributed by atoms with Crippen molar-refractivity contribution in [1.29, 1.82) is 0 Å². The summed E-state index contributed by atoms with van der Waals surface area (Å²) in [7, 11) is 0. The van der Waals surface area contributed by atoms with Gasteiger partial charge in [0.05, 0.1) is 18.2 Å². The van der Waals surface area contributed by atoms with E-state index < -0.39 is 17.8 Å². The third kappa shape index (κ3) is 4.31. The molecule has 3 nitrogen and oxygen atoms in total. The Morgan fingerprint density at radius 1 is 1.24 bits per heavy atom. The predicted octanol–water partition coefficient (Wildman–Crippen LogP) is 2.45. The molecule has 0 aliphatic carbocycles. The van der Waals surface area contributed by atoms with Crippen molar-refractivity contribution < 1.29 is 14.3 Å². The van der Waals surface area contributed by atoms with Gasteiger partial charge in [-0.1, -0.05) is 30.3 Å². The van der Waals surface area contributed by atoms with Gasteiger partial charge in [-0.15, -0.1) is 12.6 Å². The van der Waals surface area contributed by atoms with Gasteiger partial charge in [-0.05, 0) is 30.2 Å². The van der Waals surface area contributed by atoms with E-state index >= 15 is 0 Å². The molecule has 110 valence electrons. The second-order valence-electron chi connectivity index (χ2n) is 4.71. The fourth-order valence-electron chi connectivity index (χ4n) is 2.01. The molecule has 2 N–H and O–H groups in total. The molecule has 2 aromatic rings. The molecule has 0 aliphatic heterocycles. The highest BCUT2D eigenvalue weighted by Crippen LogP contribution is 2.14. The van der Waals surface area contributed by atoms with Gasteiger partial charge in [-0.25, -0.2) is 4.39 Å². The van der Waals surface area contributed by atoms with Crippen LogP contribution in [-0.2, 0) is 6.42 Å². The molecule has 1 unspecified atom stereocenters. The first-order valence-corrected chi connectivity index (χ1v) is 6.99. The fraction of sp³-hybridized carbons (Fsp3) is 0.188. The van der Waals surface area contributed by atoms with Crippen LogP contribution < -0.4 is 5.32 Å². The Balaban J connectivity index is 2.07. The summed E-state index contributed by atoms with van der Waals surface area (Å²) in [5.74, 6) is -1.17. The average Bonchev–Trinajstić information content (AvgIpc) is 2.50. The Morgan fingerprint density at radius 3 is 2.62 bits per heavy atom. The van der Waals surface area contributed by atoms with Gasteiger partial charge in [0.25, 0.3) is 5.91 Å². The van der Waals surface area contributed by atoms with Gasteiger partial charge in [0.1, 0.15) is 5.82 Å². The van der Waals surface area contributed by atoms with E-state index in [0.717, 1.165) is 5.56 Å². The zero-order valence-electron chi connectivity index (χ0n) is 11.3. The minimum absolute atomic E-state index is 0.0750. The Hall–Kier alpha value is -1.85.